The van der Waals surface area contributed by atoms with Crippen molar-refractivity contribution in [1.82, 2.24) is 9.88 Å². The molecule has 0 N–H and O–H groups in total. The van der Waals surface area contributed by atoms with E-state index in [2.05, 4.69) is 44.0 Å². The van der Waals surface area contributed by atoms with Crippen LogP contribution in [0.5, 0.6) is 0 Å². The molecule has 16 heavy (non-hydrogen) atoms. The van der Waals surface area contributed by atoms with Crippen LogP contribution in [0.2, 0.25) is 0 Å². The molecule has 0 atom stereocenters. The van der Waals surface area contributed by atoms with Crippen molar-refractivity contribution in [3.05, 3.63) is 29.6 Å². The Labute approximate surface area is 98.7 Å². The molecule has 2 heterocycles. The number of hydrogen-bond donors (Lipinski definition) is 0. The van der Waals surface area contributed by atoms with Crippen molar-refractivity contribution >= 4 is 0 Å². The molecule has 0 bridgehead atoms. The van der Waals surface area contributed by atoms with Gasteiger partial charge in [0, 0.05) is 17.3 Å². The molecule has 1 aromatic rings. The highest BCUT2D eigenvalue weighted by atomic mass is 15.1. The lowest BCUT2D eigenvalue weighted by Crippen LogP contribution is -2.29. The Kier molecular flexibility index (Phi) is 3.59. The molecule has 0 aromatic carbocycles. The fourth-order valence-corrected chi connectivity index (χ4v) is 2.32. The van der Waals surface area contributed by atoms with Gasteiger partial charge in [0.15, 0.2) is 0 Å². The Hall–Kier alpha value is -0.890. The van der Waals surface area contributed by atoms with Crippen molar-refractivity contribution in [3.8, 4) is 0 Å². The van der Waals surface area contributed by atoms with Crippen molar-refractivity contribution < 1.29 is 0 Å². The molecule has 1 aromatic heterocycles. The van der Waals surface area contributed by atoms with Gasteiger partial charge >= 0.3 is 0 Å². The second-order valence-corrected chi connectivity index (χ2v) is 5.22. The molecule has 0 unspecified atom stereocenters. The summed E-state index contributed by atoms with van der Waals surface area (Å²) in [7, 11) is 2.20. The number of nitrogens with zero attached hydrogens (tertiary/aromatic N) is 2. The number of pyridine rings is 1. The van der Waals surface area contributed by atoms with Gasteiger partial charge in [0.2, 0.25) is 0 Å². The first-order valence-corrected chi connectivity index (χ1v) is 6.32. The second-order valence-electron chi connectivity index (χ2n) is 5.22. The van der Waals surface area contributed by atoms with Gasteiger partial charge in [-0.25, -0.2) is 0 Å². The van der Waals surface area contributed by atoms with Gasteiger partial charge in [-0.1, -0.05) is 19.9 Å². The minimum Gasteiger partial charge on any atom is -0.306 e. The molecule has 1 saturated heterocycles. The monoisotopic (exact) mass is 218 g/mol. The van der Waals surface area contributed by atoms with Gasteiger partial charge in [0.1, 0.15) is 0 Å². The molecule has 0 aliphatic carbocycles. The van der Waals surface area contributed by atoms with Crippen LogP contribution in [0.1, 0.15) is 49.9 Å². The lowest BCUT2D eigenvalue weighted by atomic mass is 9.93. The van der Waals surface area contributed by atoms with E-state index >= 15 is 0 Å². The van der Waals surface area contributed by atoms with Crippen LogP contribution in [0.15, 0.2) is 18.2 Å². The van der Waals surface area contributed by atoms with E-state index in [0.29, 0.717) is 11.8 Å². The highest BCUT2D eigenvalue weighted by Gasteiger charge is 2.19. The van der Waals surface area contributed by atoms with E-state index in [9.17, 15) is 0 Å². The van der Waals surface area contributed by atoms with E-state index in [1.54, 1.807) is 0 Å². The normalized spacial score (nSPS) is 19.2. The summed E-state index contributed by atoms with van der Waals surface area (Å²) in [5.41, 5.74) is 2.54. The summed E-state index contributed by atoms with van der Waals surface area (Å²) < 4.78 is 0. The highest BCUT2D eigenvalue weighted by Crippen LogP contribution is 2.26. The minimum atomic E-state index is 0.534. The topological polar surface area (TPSA) is 16.1 Å². The molecule has 2 rings (SSSR count). The molecule has 2 nitrogen and oxygen atoms in total. The fraction of sp³-hybridized carbons (Fsp3) is 0.643. The maximum absolute atomic E-state index is 4.80. The standard InChI is InChI=1S/C14H22N2/c1-11(2)13-5-4-6-14(15-13)12-7-9-16(3)10-8-12/h4-6,11-12H,7-10H2,1-3H3. The first kappa shape index (κ1) is 11.6. The molecule has 1 fully saturated rings. The molecular weight excluding hydrogens is 196 g/mol. The molecule has 0 spiro atoms. The van der Waals surface area contributed by atoms with Crippen LogP contribution in [0.3, 0.4) is 0 Å². The van der Waals surface area contributed by atoms with E-state index < -0.39 is 0 Å². The summed E-state index contributed by atoms with van der Waals surface area (Å²) in [6.45, 7) is 6.83. The minimum absolute atomic E-state index is 0.534. The first-order chi connectivity index (χ1) is 7.66. The average molecular weight is 218 g/mol. The molecule has 0 amide bonds. The Bertz CT molecular complexity index is 338. The van der Waals surface area contributed by atoms with Crippen LogP contribution in [0, 0.1) is 0 Å². The summed E-state index contributed by atoms with van der Waals surface area (Å²) in [6, 6.07) is 6.50. The van der Waals surface area contributed by atoms with Crippen LogP contribution in [0.25, 0.3) is 0 Å². The van der Waals surface area contributed by atoms with E-state index in [4.69, 9.17) is 4.98 Å². The zero-order chi connectivity index (χ0) is 11.5. The summed E-state index contributed by atoms with van der Waals surface area (Å²) in [6.07, 6.45) is 2.51. The van der Waals surface area contributed by atoms with Crippen LogP contribution < -0.4 is 0 Å². The molecular formula is C14H22N2. The van der Waals surface area contributed by atoms with Gasteiger partial charge < -0.3 is 4.90 Å². The van der Waals surface area contributed by atoms with E-state index in [1.807, 2.05) is 0 Å². The molecule has 1 aliphatic heterocycles. The largest absolute Gasteiger partial charge is 0.306 e. The molecule has 0 radical (unpaired) electrons. The Morgan fingerprint density at radius 1 is 1.25 bits per heavy atom. The van der Waals surface area contributed by atoms with Gasteiger partial charge in [-0.3, -0.25) is 4.98 Å². The molecule has 2 heteroatoms. The third-order valence-electron chi connectivity index (χ3n) is 3.52. The van der Waals surface area contributed by atoms with Crippen molar-refractivity contribution in [3.63, 3.8) is 0 Å². The van der Waals surface area contributed by atoms with Gasteiger partial charge in [0.25, 0.3) is 0 Å². The SMILES string of the molecule is CC(C)c1cccc(C2CCN(C)CC2)n1. The first-order valence-electron chi connectivity index (χ1n) is 6.32. The quantitative estimate of drug-likeness (QED) is 0.758. The van der Waals surface area contributed by atoms with E-state index in [1.165, 1.54) is 37.3 Å². The van der Waals surface area contributed by atoms with Crippen LogP contribution in [0.4, 0.5) is 0 Å². The Morgan fingerprint density at radius 2 is 1.94 bits per heavy atom. The number of hydrogen-bond acceptors (Lipinski definition) is 2. The van der Waals surface area contributed by atoms with Crippen molar-refractivity contribution in [2.75, 3.05) is 20.1 Å². The van der Waals surface area contributed by atoms with E-state index in [0.717, 1.165) is 0 Å². The van der Waals surface area contributed by atoms with Crippen molar-refractivity contribution in [2.24, 2.45) is 0 Å². The number of piperidine rings is 1. The van der Waals surface area contributed by atoms with E-state index in [-0.39, 0.29) is 0 Å². The van der Waals surface area contributed by atoms with Crippen LogP contribution in [-0.2, 0) is 0 Å². The van der Waals surface area contributed by atoms with Crippen LogP contribution >= 0.6 is 0 Å². The number of likely N-dealkylation sites (tertiary alicyclic amines) is 1. The predicted molar refractivity (Wildman–Crippen MR) is 67.8 cm³/mol. The smallest absolute Gasteiger partial charge is 0.0438 e. The molecule has 0 saturated carbocycles. The third kappa shape index (κ3) is 2.62. The summed E-state index contributed by atoms with van der Waals surface area (Å²) in [5.74, 6) is 1.21. The lowest BCUT2D eigenvalue weighted by Gasteiger charge is -2.28. The molecule has 1 aliphatic rings. The Balaban J connectivity index is 2.11. The van der Waals surface area contributed by atoms with Gasteiger partial charge in [0.05, 0.1) is 0 Å². The lowest BCUT2D eigenvalue weighted by molar-refractivity contribution is 0.253. The van der Waals surface area contributed by atoms with Gasteiger partial charge in [-0.15, -0.1) is 0 Å². The number of rotatable bonds is 2. The van der Waals surface area contributed by atoms with Gasteiger partial charge in [-0.05, 0) is 51.0 Å². The van der Waals surface area contributed by atoms with Crippen LogP contribution in [-0.4, -0.2) is 30.0 Å². The summed E-state index contributed by atoms with van der Waals surface area (Å²) >= 11 is 0. The Morgan fingerprint density at radius 3 is 2.56 bits per heavy atom. The van der Waals surface area contributed by atoms with Crippen molar-refractivity contribution in [1.29, 1.82) is 0 Å². The predicted octanol–water partition coefficient (Wildman–Crippen LogP) is 3.01. The van der Waals surface area contributed by atoms with Gasteiger partial charge in [-0.2, -0.15) is 0 Å². The molecule has 88 valence electrons. The summed E-state index contributed by atoms with van der Waals surface area (Å²) in [4.78, 5) is 7.21. The zero-order valence-corrected chi connectivity index (χ0v) is 10.6. The summed E-state index contributed by atoms with van der Waals surface area (Å²) in [5, 5.41) is 0. The fourth-order valence-electron chi connectivity index (χ4n) is 2.32. The maximum atomic E-state index is 4.80. The maximum Gasteiger partial charge on any atom is 0.0438 e. The second kappa shape index (κ2) is 4.96. The third-order valence-corrected chi connectivity index (χ3v) is 3.52. The number of aromatic nitrogens is 1. The average Bonchev–Trinajstić information content (AvgIpc) is 2.30. The zero-order valence-electron chi connectivity index (χ0n) is 10.6. The van der Waals surface area contributed by atoms with Crippen molar-refractivity contribution in [2.45, 2.75) is 38.5 Å². The highest BCUT2D eigenvalue weighted by molar-refractivity contribution is 5.17.